The molecule has 48 valence electrons. The second-order valence-corrected chi connectivity index (χ2v) is 2.52. The highest BCUT2D eigenvalue weighted by molar-refractivity contribution is 7.27. The molecule has 2 nitrogen and oxygen atoms in total. The molecule has 0 fully saturated rings. The lowest BCUT2D eigenvalue weighted by Crippen LogP contribution is -1.92. The van der Waals surface area contributed by atoms with Gasteiger partial charge in [-0.15, -0.1) is 9.24 Å². The van der Waals surface area contributed by atoms with Gasteiger partial charge in [0.2, 0.25) is 0 Å². The topological polar surface area (TPSA) is 46.2 Å². The highest BCUT2D eigenvalue weighted by atomic mass is 31.0. The first-order valence-corrected chi connectivity index (χ1v) is 3.11. The molecule has 1 aromatic carbocycles. The third-order valence-corrected chi connectivity index (χ3v) is 1.30. The summed E-state index contributed by atoms with van der Waals surface area (Å²) in [6.07, 6.45) is 0. The fourth-order valence-electron chi connectivity index (χ4n) is 0.659. The van der Waals surface area contributed by atoms with Crippen LogP contribution in [-0.4, -0.2) is 5.11 Å². The van der Waals surface area contributed by atoms with Gasteiger partial charge < -0.3 is 10.8 Å². The molecule has 0 heterocycles. The van der Waals surface area contributed by atoms with Gasteiger partial charge in [-0.05, 0) is 17.4 Å². The van der Waals surface area contributed by atoms with Gasteiger partial charge in [-0.2, -0.15) is 0 Å². The van der Waals surface area contributed by atoms with Gasteiger partial charge >= 0.3 is 0 Å². The van der Waals surface area contributed by atoms with Crippen LogP contribution < -0.4 is 11.0 Å². The minimum absolute atomic E-state index is 0.208. The predicted molar refractivity (Wildman–Crippen MR) is 41.9 cm³/mol. The molecule has 0 saturated heterocycles. The summed E-state index contributed by atoms with van der Waals surface area (Å²) >= 11 is 0. The van der Waals surface area contributed by atoms with E-state index in [0.717, 1.165) is 5.30 Å². The average Bonchev–Trinajstić information content (AvgIpc) is 1.59. The summed E-state index contributed by atoms with van der Waals surface area (Å²) in [6, 6.07) is 4.90. The van der Waals surface area contributed by atoms with Crippen LogP contribution in [0.4, 0.5) is 5.69 Å². The quantitative estimate of drug-likeness (QED) is 0.407. The minimum Gasteiger partial charge on any atom is -0.508 e. The van der Waals surface area contributed by atoms with Crippen LogP contribution in [0.1, 0.15) is 0 Å². The molecule has 0 bridgehead atoms. The molecule has 0 aliphatic rings. The SMILES string of the molecule is Nc1cc(O)cc(P)c1. The highest BCUT2D eigenvalue weighted by Gasteiger charge is 1.90. The van der Waals surface area contributed by atoms with Crippen molar-refractivity contribution in [3.8, 4) is 5.75 Å². The lowest BCUT2D eigenvalue weighted by molar-refractivity contribution is 0.476. The molecule has 1 rings (SSSR count). The minimum atomic E-state index is 0.208. The van der Waals surface area contributed by atoms with Crippen molar-refractivity contribution in [3.63, 3.8) is 0 Å². The summed E-state index contributed by atoms with van der Waals surface area (Å²) in [5.74, 6) is 0.208. The Morgan fingerprint density at radius 2 is 2.00 bits per heavy atom. The van der Waals surface area contributed by atoms with Crippen molar-refractivity contribution in [2.75, 3.05) is 5.73 Å². The summed E-state index contributed by atoms with van der Waals surface area (Å²) < 4.78 is 0. The smallest absolute Gasteiger partial charge is 0.118 e. The Balaban J connectivity index is 3.17. The lowest BCUT2D eigenvalue weighted by Gasteiger charge is -1.95. The number of hydrogen-bond donors (Lipinski definition) is 2. The van der Waals surface area contributed by atoms with Crippen LogP contribution in [0.25, 0.3) is 0 Å². The van der Waals surface area contributed by atoms with Crippen LogP contribution in [0.5, 0.6) is 5.75 Å². The molecule has 0 saturated carbocycles. The molecule has 9 heavy (non-hydrogen) atoms. The van der Waals surface area contributed by atoms with E-state index in [1.54, 1.807) is 12.1 Å². The van der Waals surface area contributed by atoms with Crippen LogP contribution in [0.3, 0.4) is 0 Å². The van der Waals surface area contributed by atoms with E-state index in [0.29, 0.717) is 5.69 Å². The molecule has 1 atom stereocenters. The van der Waals surface area contributed by atoms with E-state index >= 15 is 0 Å². The van der Waals surface area contributed by atoms with Crippen LogP contribution >= 0.6 is 9.24 Å². The third kappa shape index (κ3) is 1.58. The summed E-state index contributed by atoms with van der Waals surface area (Å²) in [5.41, 5.74) is 5.97. The van der Waals surface area contributed by atoms with Crippen molar-refractivity contribution in [1.29, 1.82) is 0 Å². The van der Waals surface area contributed by atoms with Gasteiger partial charge in [0.25, 0.3) is 0 Å². The molecule has 1 unspecified atom stereocenters. The molecule has 3 N–H and O–H groups in total. The van der Waals surface area contributed by atoms with Gasteiger partial charge in [0.1, 0.15) is 5.75 Å². The molecule has 0 radical (unpaired) electrons. The zero-order chi connectivity index (χ0) is 6.85. The Hall–Kier alpha value is -0.750. The van der Waals surface area contributed by atoms with Gasteiger partial charge in [0, 0.05) is 11.8 Å². The summed E-state index contributed by atoms with van der Waals surface area (Å²) in [5, 5.41) is 9.80. The van der Waals surface area contributed by atoms with Crippen LogP contribution in [0, 0.1) is 0 Å². The number of nitrogen functional groups attached to an aromatic ring is 1. The second kappa shape index (κ2) is 2.24. The first kappa shape index (κ1) is 6.37. The maximum absolute atomic E-state index is 8.90. The molecule has 3 heteroatoms. The van der Waals surface area contributed by atoms with Crippen LogP contribution in [-0.2, 0) is 0 Å². The van der Waals surface area contributed by atoms with Crippen LogP contribution in [0.2, 0.25) is 0 Å². The van der Waals surface area contributed by atoms with Crippen molar-refractivity contribution in [3.05, 3.63) is 18.2 Å². The monoisotopic (exact) mass is 141 g/mol. The summed E-state index contributed by atoms with van der Waals surface area (Å²) in [7, 11) is 2.46. The molecule has 0 aliphatic heterocycles. The molecule has 0 spiro atoms. The number of anilines is 1. The van der Waals surface area contributed by atoms with Gasteiger partial charge in [0.05, 0.1) is 0 Å². The van der Waals surface area contributed by atoms with Crippen molar-refractivity contribution in [2.45, 2.75) is 0 Å². The largest absolute Gasteiger partial charge is 0.508 e. The maximum atomic E-state index is 8.90. The molecular formula is C6H8NOP. The van der Waals surface area contributed by atoms with E-state index in [4.69, 9.17) is 10.8 Å². The highest BCUT2D eigenvalue weighted by Crippen LogP contribution is 2.11. The number of rotatable bonds is 0. The maximum Gasteiger partial charge on any atom is 0.118 e. The molecule has 0 aromatic heterocycles. The fraction of sp³-hybridized carbons (Fsp3) is 0. The van der Waals surface area contributed by atoms with Gasteiger partial charge in [-0.1, -0.05) is 0 Å². The molecule has 1 aromatic rings. The number of nitrogens with two attached hydrogens (primary N) is 1. The molecule has 0 amide bonds. The van der Waals surface area contributed by atoms with E-state index in [1.165, 1.54) is 6.07 Å². The Morgan fingerprint density at radius 3 is 2.44 bits per heavy atom. The lowest BCUT2D eigenvalue weighted by atomic mass is 10.3. The summed E-state index contributed by atoms with van der Waals surface area (Å²) in [6.45, 7) is 0. The Kier molecular flexibility index (Phi) is 1.58. The fourth-order valence-corrected chi connectivity index (χ4v) is 1.02. The van der Waals surface area contributed by atoms with E-state index in [1.807, 2.05) is 0 Å². The number of phenols is 1. The van der Waals surface area contributed by atoms with Gasteiger partial charge in [0.15, 0.2) is 0 Å². The average molecular weight is 141 g/mol. The number of phenolic OH excluding ortho intramolecular Hbond substituents is 1. The Labute approximate surface area is 55.9 Å². The third-order valence-electron chi connectivity index (χ3n) is 0.962. The van der Waals surface area contributed by atoms with Gasteiger partial charge in [-0.3, -0.25) is 0 Å². The van der Waals surface area contributed by atoms with Crippen molar-refractivity contribution in [1.82, 2.24) is 0 Å². The molecule has 0 aliphatic carbocycles. The zero-order valence-corrected chi connectivity index (χ0v) is 5.99. The summed E-state index contributed by atoms with van der Waals surface area (Å²) in [4.78, 5) is 0. The standard InChI is InChI=1S/C6H8NOP/c7-4-1-5(8)3-6(9)2-4/h1-3,8H,7,9H2. The normalized spacial score (nSPS) is 9.44. The van der Waals surface area contributed by atoms with Crippen molar-refractivity contribution >= 4 is 20.2 Å². The number of benzene rings is 1. The van der Waals surface area contributed by atoms with Crippen LogP contribution in [0.15, 0.2) is 18.2 Å². The van der Waals surface area contributed by atoms with Crippen molar-refractivity contribution in [2.24, 2.45) is 0 Å². The first-order chi connectivity index (χ1) is 4.18. The Bertz CT molecular complexity index is 174. The second-order valence-electron chi connectivity index (χ2n) is 1.86. The van der Waals surface area contributed by atoms with E-state index < -0.39 is 0 Å². The Morgan fingerprint density at radius 1 is 1.33 bits per heavy atom. The van der Waals surface area contributed by atoms with E-state index in [-0.39, 0.29) is 5.75 Å². The van der Waals surface area contributed by atoms with Gasteiger partial charge in [-0.25, -0.2) is 0 Å². The van der Waals surface area contributed by atoms with E-state index in [2.05, 4.69) is 9.24 Å². The number of aromatic hydroxyl groups is 1. The molecular weight excluding hydrogens is 133 g/mol. The predicted octanol–water partition coefficient (Wildman–Crippen LogP) is 0.475. The number of hydrogen-bond acceptors (Lipinski definition) is 2. The zero-order valence-electron chi connectivity index (χ0n) is 4.83. The van der Waals surface area contributed by atoms with Crippen molar-refractivity contribution < 1.29 is 5.11 Å². The first-order valence-electron chi connectivity index (χ1n) is 2.53. The van der Waals surface area contributed by atoms with E-state index in [9.17, 15) is 0 Å².